The van der Waals surface area contributed by atoms with E-state index in [1.54, 1.807) is 13.8 Å². The molecule has 0 fully saturated rings. The molecule has 0 spiro atoms. The predicted octanol–water partition coefficient (Wildman–Crippen LogP) is -7.51. The maximum atomic E-state index is 13.3. The van der Waals surface area contributed by atoms with Gasteiger partial charge in [0.2, 0.25) is 47.3 Å². The molecule has 0 bridgehead atoms. The van der Waals surface area contributed by atoms with Gasteiger partial charge in [-0.1, -0.05) is 13.8 Å². The number of primary amides is 2. The van der Waals surface area contributed by atoms with Gasteiger partial charge in [0, 0.05) is 6.42 Å². The van der Waals surface area contributed by atoms with Crippen LogP contribution in [0.2, 0.25) is 0 Å². The van der Waals surface area contributed by atoms with Crippen molar-refractivity contribution >= 4 is 53.2 Å². The van der Waals surface area contributed by atoms with Crippen LogP contribution in [0.5, 0.6) is 0 Å². The van der Waals surface area contributed by atoms with Crippen LogP contribution in [-0.4, -0.2) is 136 Å². The average Bonchev–Trinajstić information content (AvgIpc) is 3.01. The maximum Gasteiger partial charge on any atom is 0.328 e. The van der Waals surface area contributed by atoms with Crippen LogP contribution < -0.4 is 49.1 Å². The first-order valence-electron chi connectivity index (χ1n) is 15.0. The van der Waals surface area contributed by atoms with E-state index in [4.69, 9.17) is 27.4 Å². The number of carboxylic acid groups (broad SMARTS) is 1. The van der Waals surface area contributed by atoms with Crippen LogP contribution in [-0.2, 0) is 43.2 Å². The molecule has 16 N–H and O–H groups in total. The molecule has 22 nitrogen and oxygen atoms in total. The van der Waals surface area contributed by atoms with Crippen LogP contribution in [0, 0.1) is 5.92 Å². The standard InChI is InChI=1S/C27H47N9O13/c1-11(2)6-15(24(45)32-14(4-5-19(29)40)23(44)36-18(10-39)27(48)49)33-25(46)16(7-20(30)41)34-26(47)17(9-38)35-21(42)12(3)31-22(43)13(28)8-37/h11-18,37-39H,4-10,28H2,1-3H3,(H2,29,40)(H2,30,41)(H,31,43)(H,32,45)(H,33,46)(H,34,47)(H,35,42)(H,36,44)(H,48,49)/t12-,13-,14-,15-,16-,17-,18-/m0/s1. The van der Waals surface area contributed by atoms with Gasteiger partial charge in [-0.3, -0.25) is 38.4 Å². The van der Waals surface area contributed by atoms with E-state index in [1.807, 2.05) is 5.32 Å². The molecule has 278 valence electrons. The Hall–Kier alpha value is -4.93. The Labute approximate surface area is 280 Å². The van der Waals surface area contributed by atoms with Crippen molar-refractivity contribution < 1.29 is 63.6 Å². The van der Waals surface area contributed by atoms with Crippen LogP contribution in [0.1, 0.15) is 46.5 Å². The quantitative estimate of drug-likeness (QED) is 0.0470. The van der Waals surface area contributed by atoms with Crippen molar-refractivity contribution in [2.24, 2.45) is 23.1 Å². The summed E-state index contributed by atoms with van der Waals surface area (Å²) in [6.45, 7) is 1.83. The normalized spacial score (nSPS) is 15.2. The monoisotopic (exact) mass is 705 g/mol. The SMILES string of the molecule is CC(C)C[C@H](NC(=O)[C@H](CC(N)=O)NC(=O)[C@H](CO)NC(=O)[C@H](C)NC(=O)[C@@H](N)CO)C(=O)N[C@@H](CCC(N)=O)C(=O)N[C@@H](CO)C(=O)O. The van der Waals surface area contributed by atoms with Gasteiger partial charge in [-0.05, 0) is 25.7 Å². The number of amides is 8. The van der Waals surface area contributed by atoms with Crippen LogP contribution in [0.3, 0.4) is 0 Å². The van der Waals surface area contributed by atoms with Gasteiger partial charge in [0.25, 0.3) is 0 Å². The summed E-state index contributed by atoms with van der Waals surface area (Å²) in [6, 6.07) is -10.8. The van der Waals surface area contributed by atoms with Crippen molar-refractivity contribution in [2.45, 2.75) is 88.7 Å². The molecule has 0 saturated heterocycles. The Balaban J connectivity index is 5.98. The average molecular weight is 706 g/mol. The molecule has 8 amide bonds. The van der Waals surface area contributed by atoms with Gasteiger partial charge in [-0.2, -0.15) is 0 Å². The highest BCUT2D eigenvalue weighted by Gasteiger charge is 2.34. The highest BCUT2D eigenvalue weighted by atomic mass is 16.4. The van der Waals surface area contributed by atoms with E-state index in [2.05, 4.69) is 26.6 Å². The second-order valence-electron chi connectivity index (χ2n) is 11.3. The van der Waals surface area contributed by atoms with Crippen molar-refractivity contribution in [3.05, 3.63) is 0 Å². The zero-order valence-corrected chi connectivity index (χ0v) is 27.3. The molecule has 0 rings (SSSR count). The van der Waals surface area contributed by atoms with E-state index in [1.165, 1.54) is 6.92 Å². The minimum Gasteiger partial charge on any atom is -0.480 e. The molecule has 0 radical (unpaired) electrons. The fourth-order valence-electron chi connectivity index (χ4n) is 3.90. The number of rotatable bonds is 23. The third-order valence-corrected chi connectivity index (χ3v) is 6.59. The van der Waals surface area contributed by atoms with Gasteiger partial charge in [0.05, 0.1) is 26.2 Å². The van der Waals surface area contributed by atoms with E-state index in [-0.39, 0.29) is 12.3 Å². The number of aliphatic hydroxyl groups excluding tert-OH is 3. The Bertz CT molecular complexity index is 1220. The Morgan fingerprint density at radius 3 is 1.47 bits per heavy atom. The van der Waals surface area contributed by atoms with E-state index < -0.39 is 135 Å². The van der Waals surface area contributed by atoms with Gasteiger partial charge < -0.3 is 69.5 Å². The van der Waals surface area contributed by atoms with E-state index in [0.717, 1.165) is 0 Å². The van der Waals surface area contributed by atoms with Crippen LogP contribution >= 0.6 is 0 Å². The molecule has 22 heteroatoms. The van der Waals surface area contributed by atoms with Crippen molar-refractivity contribution in [2.75, 3.05) is 19.8 Å². The lowest BCUT2D eigenvalue weighted by Crippen LogP contribution is -2.60. The molecule has 0 aliphatic heterocycles. The highest BCUT2D eigenvalue weighted by molar-refractivity contribution is 5.98. The Kier molecular flexibility index (Phi) is 19.6. The number of aliphatic hydroxyl groups is 3. The zero-order chi connectivity index (χ0) is 38.0. The molecular formula is C27H47N9O13. The van der Waals surface area contributed by atoms with Gasteiger partial charge in [0.1, 0.15) is 42.3 Å². The molecule has 0 aliphatic rings. The number of carbonyl (C=O) groups excluding carboxylic acids is 8. The van der Waals surface area contributed by atoms with Gasteiger partial charge in [-0.15, -0.1) is 0 Å². The minimum absolute atomic E-state index is 0.0772. The summed E-state index contributed by atoms with van der Waals surface area (Å²) in [5.74, 6) is -10.1. The van der Waals surface area contributed by atoms with Gasteiger partial charge in [-0.25, -0.2) is 4.79 Å². The van der Waals surface area contributed by atoms with E-state index >= 15 is 0 Å². The van der Waals surface area contributed by atoms with Gasteiger partial charge >= 0.3 is 5.97 Å². The molecule has 0 aromatic rings. The highest BCUT2D eigenvalue weighted by Crippen LogP contribution is 2.08. The van der Waals surface area contributed by atoms with Crippen LogP contribution in [0.15, 0.2) is 0 Å². The summed E-state index contributed by atoms with van der Waals surface area (Å²) >= 11 is 0. The summed E-state index contributed by atoms with van der Waals surface area (Å²) in [4.78, 5) is 111. The predicted molar refractivity (Wildman–Crippen MR) is 166 cm³/mol. The summed E-state index contributed by atoms with van der Waals surface area (Å²) in [5, 5.41) is 50.2. The van der Waals surface area contributed by atoms with Crippen LogP contribution in [0.25, 0.3) is 0 Å². The number of nitrogens with two attached hydrogens (primary N) is 3. The first kappa shape index (κ1) is 44.1. The summed E-state index contributed by atoms with van der Waals surface area (Å²) in [6.07, 6.45) is -1.70. The summed E-state index contributed by atoms with van der Waals surface area (Å²) < 4.78 is 0. The number of nitrogens with one attached hydrogen (secondary N) is 6. The Morgan fingerprint density at radius 2 is 1.00 bits per heavy atom. The maximum absolute atomic E-state index is 13.3. The minimum atomic E-state index is -1.76. The molecular weight excluding hydrogens is 658 g/mol. The fourth-order valence-corrected chi connectivity index (χ4v) is 3.90. The number of hydrogen-bond donors (Lipinski definition) is 13. The second kappa shape index (κ2) is 21.8. The number of carbonyl (C=O) groups is 9. The largest absolute Gasteiger partial charge is 0.480 e. The number of hydrogen-bond acceptors (Lipinski definition) is 13. The van der Waals surface area contributed by atoms with Crippen molar-refractivity contribution in [1.29, 1.82) is 0 Å². The lowest BCUT2D eigenvalue weighted by molar-refractivity contribution is -0.143. The zero-order valence-electron chi connectivity index (χ0n) is 27.3. The molecule has 7 atom stereocenters. The summed E-state index contributed by atoms with van der Waals surface area (Å²) in [5.41, 5.74) is 15.8. The first-order chi connectivity index (χ1) is 22.8. The molecule has 0 aromatic heterocycles. The summed E-state index contributed by atoms with van der Waals surface area (Å²) in [7, 11) is 0. The topological polar surface area (TPSA) is 385 Å². The third-order valence-electron chi connectivity index (χ3n) is 6.59. The molecule has 49 heavy (non-hydrogen) atoms. The second-order valence-corrected chi connectivity index (χ2v) is 11.3. The van der Waals surface area contributed by atoms with Crippen molar-refractivity contribution in [3.63, 3.8) is 0 Å². The molecule has 0 aliphatic carbocycles. The molecule has 0 aromatic carbocycles. The van der Waals surface area contributed by atoms with Crippen LogP contribution in [0.4, 0.5) is 0 Å². The Morgan fingerprint density at radius 1 is 0.551 bits per heavy atom. The molecule has 0 heterocycles. The third kappa shape index (κ3) is 16.6. The van der Waals surface area contributed by atoms with Crippen molar-refractivity contribution in [1.82, 2.24) is 31.9 Å². The molecule has 0 unspecified atom stereocenters. The molecule has 0 saturated carbocycles. The smallest absolute Gasteiger partial charge is 0.328 e. The lowest BCUT2D eigenvalue weighted by atomic mass is 10.0. The first-order valence-corrected chi connectivity index (χ1v) is 15.0. The van der Waals surface area contributed by atoms with E-state index in [0.29, 0.717) is 0 Å². The van der Waals surface area contributed by atoms with Gasteiger partial charge in [0.15, 0.2) is 0 Å². The number of carboxylic acids is 1. The van der Waals surface area contributed by atoms with Crippen molar-refractivity contribution in [3.8, 4) is 0 Å². The fraction of sp³-hybridized carbons (Fsp3) is 0.667. The number of aliphatic carboxylic acids is 1. The van der Waals surface area contributed by atoms with E-state index in [9.17, 15) is 53.4 Å². The lowest BCUT2D eigenvalue weighted by Gasteiger charge is -2.27.